The van der Waals surface area contributed by atoms with Crippen LogP contribution in [-0.2, 0) is 28.9 Å². The molecular formula is C75H147NO11S. The van der Waals surface area contributed by atoms with Crippen LogP contribution in [0.5, 0.6) is 0 Å². The summed E-state index contributed by atoms with van der Waals surface area (Å²) in [6.45, 7) is 3.48. The van der Waals surface area contributed by atoms with Crippen LogP contribution in [0.4, 0.5) is 0 Å². The van der Waals surface area contributed by atoms with E-state index in [0.717, 1.165) is 38.5 Å². The van der Waals surface area contributed by atoms with Gasteiger partial charge >= 0.3 is 10.4 Å². The second kappa shape index (κ2) is 64.5. The van der Waals surface area contributed by atoms with Gasteiger partial charge in [-0.05, 0) is 19.3 Å². The lowest BCUT2D eigenvalue weighted by Crippen LogP contribution is -2.61. The Morgan fingerprint density at radius 2 is 0.716 bits per heavy atom. The van der Waals surface area contributed by atoms with Crippen molar-refractivity contribution in [3.05, 3.63) is 12.2 Å². The Kier molecular flexibility index (Phi) is 62.2. The molecule has 0 aromatic rings. The van der Waals surface area contributed by atoms with E-state index in [4.69, 9.17) is 9.47 Å². The van der Waals surface area contributed by atoms with Gasteiger partial charge in [0.15, 0.2) is 6.29 Å². The minimum absolute atomic E-state index is 0.252. The summed E-state index contributed by atoms with van der Waals surface area (Å²) in [6.07, 6.45) is 74.6. The number of unbranched alkanes of at least 4 members (excludes halogenated alkanes) is 58. The smallest absolute Gasteiger partial charge is 0.394 e. The molecule has 1 fully saturated rings. The maximum absolute atomic E-state index is 13.2. The molecule has 0 radical (unpaired) electrons. The highest BCUT2D eigenvalue weighted by atomic mass is 32.3. The zero-order valence-electron chi connectivity index (χ0n) is 57.8. The van der Waals surface area contributed by atoms with Crippen molar-refractivity contribution in [1.29, 1.82) is 0 Å². The maximum atomic E-state index is 13.2. The number of rotatable bonds is 70. The predicted molar refractivity (Wildman–Crippen MR) is 370 cm³/mol. The Labute approximate surface area is 544 Å². The second-order valence-electron chi connectivity index (χ2n) is 27.3. The third kappa shape index (κ3) is 55.3. The van der Waals surface area contributed by atoms with Crippen LogP contribution in [0.1, 0.15) is 406 Å². The maximum Gasteiger partial charge on any atom is 0.397 e. The van der Waals surface area contributed by atoms with E-state index in [0.29, 0.717) is 6.42 Å². The molecule has 7 atom stereocenters. The van der Waals surface area contributed by atoms with Gasteiger partial charge in [0.1, 0.15) is 24.4 Å². The van der Waals surface area contributed by atoms with Gasteiger partial charge in [-0.25, -0.2) is 4.18 Å². The topological polar surface area (TPSA) is 192 Å². The fourth-order valence-corrected chi connectivity index (χ4v) is 13.4. The number of amides is 1. The number of carbonyl (C=O) groups is 1. The van der Waals surface area contributed by atoms with E-state index < -0.39 is 59.9 Å². The molecule has 1 heterocycles. The van der Waals surface area contributed by atoms with Crippen molar-refractivity contribution in [3.8, 4) is 0 Å². The summed E-state index contributed by atoms with van der Waals surface area (Å²) in [5.41, 5.74) is 0. The number of hydrogen-bond acceptors (Lipinski definition) is 10. The van der Waals surface area contributed by atoms with Crippen LogP contribution in [0, 0.1) is 0 Å². The third-order valence-electron chi connectivity index (χ3n) is 18.8. The Morgan fingerprint density at radius 3 is 0.989 bits per heavy atom. The van der Waals surface area contributed by atoms with Crippen molar-refractivity contribution in [1.82, 2.24) is 5.32 Å². The third-order valence-corrected chi connectivity index (χ3v) is 19.3. The fourth-order valence-electron chi connectivity index (χ4n) is 12.9. The van der Waals surface area contributed by atoms with E-state index >= 15 is 0 Å². The molecule has 0 spiro atoms. The highest BCUT2D eigenvalue weighted by Gasteiger charge is 2.48. The molecule has 0 saturated carbocycles. The van der Waals surface area contributed by atoms with E-state index in [2.05, 4.69) is 23.3 Å². The molecule has 1 aliphatic heterocycles. The van der Waals surface area contributed by atoms with Crippen LogP contribution in [0.2, 0.25) is 0 Å². The Hall–Kier alpha value is -1.16. The van der Waals surface area contributed by atoms with Crippen LogP contribution in [0.15, 0.2) is 12.2 Å². The largest absolute Gasteiger partial charge is 0.397 e. The first-order valence-electron chi connectivity index (χ1n) is 38.6. The molecule has 7 unspecified atom stereocenters. The van der Waals surface area contributed by atoms with Crippen LogP contribution in [0.25, 0.3) is 0 Å². The normalized spacial score (nSPS) is 18.0. The summed E-state index contributed by atoms with van der Waals surface area (Å²) >= 11 is 0. The number of ether oxygens (including phenoxy) is 2. The van der Waals surface area contributed by atoms with Crippen molar-refractivity contribution in [2.45, 2.75) is 448 Å². The quantitative estimate of drug-likeness (QED) is 0.0193. The van der Waals surface area contributed by atoms with Gasteiger partial charge in [0, 0.05) is 6.42 Å². The van der Waals surface area contributed by atoms with Gasteiger partial charge < -0.3 is 35.2 Å². The number of hydrogen-bond donors (Lipinski definition) is 6. The molecule has 13 heteroatoms. The van der Waals surface area contributed by atoms with Gasteiger partial charge in [0.25, 0.3) is 0 Å². The fraction of sp³-hybridized carbons (Fsp3) is 0.960. The summed E-state index contributed by atoms with van der Waals surface area (Å²) in [4.78, 5) is 13.2. The summed E-state index contributed by atoms with van der Waals surface area (Å²) in [5, 5.41) is 45.2. The minimum atomic E-state index is -5.09. The number of aliphatic hydroxyl groups is 4. The van der Waals surface area contributed by atoms with E-state index in [9.17, 15) is 38.2 Å². The van der Waals surface area contributed by atoms with E-state index in [1.54, 1.807) is 6.08 Å². The summed E-state index contributed by atoms with van der Waals surface area (Å²) in [5.74, 6) is -0.252. The molecule has 1 aliphatic rings. The molecule has 88 heavy (non-hydrogen) atoms. The van der Waals surface area contributed by atoms with Crippen molar-refractivity contribution >= 4 is 16.3 Å². The minimum Gasteiger partial charge on any atom is -0.394 e. The lowest BCUT2D eigenvalue weighted by Gasteiger charge is -2.41. The predicted octanol–water partition coefficient (Wildman–Crippen LogP) is 20.9. The molecule has 0 aromatic heterocycles. The standard InChI is InChI=1S/C75H147NO11S/c1-3-5-7-9-11-13-15-17-19-21-23-25-27-29-30-31-32-33-34-35-36-37-38-39-40-41-43-45-47-49-51-53-55-57-59-61-63-65-71(79)76-68(67-85-75-73(81)74(87-88(82,83)84)72(80)70(66-77)86-75)69(78)64-62-60-58-56-54-52-50-48-46-44-42-28-26-24-22-20-18-16-14-12-10-8-6-4-2/h62,64,68-70,72-75,77-78,80-81H,3-61,63,65-67H2,1-2H3,(H,76,79)(H,82,83,84)/b64-62+. The van der Waals surface area contributed by atoms with Crippen LogP contribution >= 0.6 is 0 Å². The Bertz CT molecular complexity index is 1590. The Balaban J connectivity index is 2.16. The van der Waals surface area contributed by atoms with Crippen LogP contribution in [0.3, 0.4) is 0 Å². The molecule has 1 rings (SSSR count). The van der Waals surface area contributed by atoms with Crippen molar-refractivity contribution in [2.24, 2.45) is 0 Å². The zero-order chi connectivity index (χ0) is 63.9. The van der Waals surface area contributed by atoms with Gasteiger partial charge in [-0.1, -0.05) is 392 Å². The highest BCUT2D eigenvalue weighted by Crippen LogP contribution is 2.27. The average Bonchev–Trinajstić information content (AvgIpc) is 1.14. The first kappa shape index (κ1) is 84.9. The van der Waals surface area contributed by atoms with Crippen molar-refractivity contribution in [3.63, 3.8) is 0 Å². The average molecular weight is 1270 g/mol. The molecule has 0 aromatic carbocycles. The molecule has 12 nitrogen and oxygen atoms in total. The van der Waals surface area contributed by atoms with E-state index in [1.807, 2.05) is 6.08 Å². The molecule has 1 saturated heterocycles. The molecule has 0 aliphatic carbocycles. The molecular weight excluding hydrogens is 1120 g/mol. The first-order valence-corrected chi connectivity index (χ1v) is 39.9. The van der Waals surface area contributed by atoms with E-state index in [-0.39, 0.29) is 18.9 Å². The number of allylic oxidation sites excluding steroid dienone is 1. The van der Waals surface area contributed by atoms with Gasteiger partial charge in [-0.15, -0.1) is 0 Å². The number of carbonyl (C=O) groups excluding carboxylic acids is 1. The highest BCUT2D eigenvalue weighted by molar-refractivity contribution is 7.80. The van der Waals surface area contributed by atoms with Crippen molar-refractivity contribution < 1.29 is 51.8 Å². The molecule has 6 N–H and O–H groups in total. The number of nitrogens with one attached hydrogen (secondary N) is 1. The monoisotopic (exact) mass is 1270 g/mol. The van der Waals surface area contributed by atoms with Gasteiger partial charge in [0.2, 0.25) is 5.91 Å². The lowest BCUT2D eigenvalue weighted by molar-refractivity contribution is -0.298. The van der Waals surface area contributed by atoms with Gasteiger partial charge in [0.05, 0.1) is 25.4 Å². The summed E-state index contributed by atoms with van der Waals surface area (Å²) in [7, 11) is -5.09. The summed E-state index contributed by atoms with van der Waals surface area (Å²) < 4.78 is 48.1. The second-order valence-corrected chi connectivity index (χ2v) is 28.4. The molecule has 0 bridgehead atoms. The van der Waals surface area contributed by atoms with Crippen LogP contribution in [-0.4, -0.2) is 95.4 Å². The molecule has 1 amide bonds. The molecule has 524 valence electrons. The summed E-state index contributed by atoms with van der Waals surface area (Å²) in [6, 6.07) is -0.942. The zero-order valence-corrected chi connectivity index (χ0v) is 58.7. The first-order chi connectivity index (χ1) is 43.0. The van der Waals surface area contributed by atoms with Crippen molar-refractivity contribution in [2.75, 3.05) is 13.2 Å². The van der Waals surface area contributed by atoms with E-state index in [1.165, 1.54) is 340 Å². The van der Waals surface area contributed by atoms with Gasteiger partial charge in [-0.3, -0.25) is 9.35 Å². The van der Waals surface area contributed by atoms with Crippen LogP contribution < -0.4 is 5.32 Å². The number of aliphatic hydroxyl groups excluding tert-OH is 4. The van der Waals surface area contributed by atoms with Gasteiger partial charge in [-0.2, -0.15) is 8.42 Å². The SMILES string of the molecule is CCCCCCCCCCCCCCCCCCCCCCCC/C=C/C(O)C(COC1OC(CO)C(O)C(OS(=O)(=O)O)C1O)NC(=O)CCCCCCCCCCCCCCCCCCCCCCCCCCCCCCCCCCCCCCC. The lowest BCUT2D eigenvalue weighted by atomic mass is 9.99. The Morgan fingerprint density at radius 1 is 0.443 bits per heavy atom.